The fourth-order valence-electron chi connectivity index (χ4n) is 2.33. The van der Waals surface area contributed by atoms with Gasteiger partial charge in [0.05, 0.1) is 18.9 Å². The van der Waals surface area contributed by atoms with Crippen molar-refractivity contribution in [1.82, 2.24) is 5.43 Å². The molecule has 0 spiro atoms. The summed E-state index contributed by atoms with van der Waals surface area (Å²) in [6.07, 6.45) is 1.16. The van der Waals surface area contributed by atoms with Crippen molar-refractivity contribution < 1.29 is 19.1 Å². The van der Waals surface area contributed by atoms with Crippen molar-refractivity contribution in [3.8, 4) is 17.6 Å². The minimum atomic E-state index is -0.492. The zero-order chi connectivity index (χ0) is 21.1. The van der Waals surface area contributed by atoms with Gasteiger partial charge in [0.2, 0.25) is 0 Å². The van der Waals surface area contributed by atoms with Crippen LogP contribution in [-0.2, 0) is 9.59 Å². The largest absolute Gasteiger partial charge is 0.490 e. The van der Waals surface area contributed by atoms with Crippen LogP contribution in [0.15, 0.2) is 47.6 Å². The van der Waals surface area contributed by atoms with Crippen LogP contribution in [0.5, 0.6) is 11.5 Å². The summed E-state index contributed by atoms with van der Waals surface area (Å²) in [6.45, 7) is 3.97. The van der Waals surface area contributed by atoms with Crippen LogP contribution >= 0.6 is 0 Å². The van der Waals surface area contributed by atoms with Gasteiger partial charge in [-0.2, -0.15) is 10.4 Å². The van der Waals surface area contributed by atoms with Crippen LogP contribution in [0.3, 0.4) is 0 Å². The predicted molar refractivity (Wildman–Crippen MR) is 109 cm³/mol. The molecule has 8 heteroatoms. The predicted octanol–water partition coefficient (Wildman–Crippen LogP) is 2.78. The first kappa shape index (κ1) is 21.4. The number of anilines is 1. The first-order chi connectivity index (χ1) is 14.0. The molecular formula is C21H22N4O4. The SMILES string of the molecule is CCOc1cc(/C=N\NC(=O)CC#N)ccc1OCC(=O)Nc1ccccc1C. The molecule has 0 aliphatic heterocycles. The Labute approximate surface area is 169 Å². The van der Waals surface area contributed by atoms with E-state index in [9.17, 15) is 9.59 Å². The van der Waals surface area contributed by atoms with E-state index in [0.29, 0.717) is 23.7 Å². The van der Waals surface area contributed by atoms with E-state index in [1.54, 1.807) is 24.3 Å². The van der Waals surface area contributed by atoms with Gasteiger partial charge in [-0.15, -0.1) is 0 Å². The van der Waals surface area contributed by atoms with Crippen molar-refractivity contribution in [2.75, 3.05) is 18.5 Å². The van der Waals surface area contributed by atoms with Gasteiger partial charge in [-0.25, -0.2) is 5.43 Å². The highest BCUT2D eigenvalue weighted by atomic mass is 16.5. The molecule has 0 radical (unpaired) electrons. The highest BCUT2D eigenvalue weighted by Crippen LogP contribution is 2.28. The molecule has 0 fully saturated rings. The Balaban J connectivity index is 2.00. The van der Waals surface area contributed by atoms with Crippen molar-refractivity contribution >= 4 is 23.7 Å². The van der Waals surface area contributed by atoms with Crippen LogP contribution in [0.2, 0.25) is 0 Å². The Bertz CT molecular complexity index is 935. The summed E-state index contributed by atoms with van der Waals surface area (Å²) in [7, 11) is 0. The summed E-state index contributed by atoms with van der Waals surface area (Å²) < 4.78 is 11.2. The number of nitriles is 1. The van der Waals surface area contributed by atoms with Crippen LogP contribution in [0.25, 0.3) is 0 Å². The topological polar surface area (TPSA) is 113 Å². The number of para-hydroxylation sites is 1. The number of ether oxygens (including phenoxy) is 2. The molecule has 0 aliphatic carbocycles. The number of aryl methyl sites for hydroxylation is 1. The normalized spacial score (nSPS) is 10.2. The third-order valence-electron chi connectivity index (χ3n) is 3.69. The minimum Gasteiger partial charge on any atom is -0.490 e. The van der Waals surface area contributed by atoms with E-state index >= 15 is 0 Å². The molecule has 0 aliphatic rings. The summed E-state index contributed by atoms with van der Waals surface area (Å²) in [4.78, 5) is 23.4. The number of rotatable bonds is 9. The van der Waals surface area contributed by atoms with E-state index in [-0.39, 0.29) is 18.9 Å². The smallest absolute Gasteiger partial charge is 0.262 e. The van der Waals surface area contributed by atoms with E-state index < -0.39 is 5.91 Å². The summed E-state index contributed by atoms with van der Waals surface area (Å²) >= 11 is 0. The van der Waals surface area contributed by atoms with Crippen molar-refractivity contribution in [2.24, 2.45) is 5.10 Å². The molecule has 0 bridgehead atoms. The lowest BCUT2D eigenvalue weighted by Crippen LogP contribution is -2.20. The maximum Gasteiger partial charge on any atom is 0.262 e. The van der Waals surface area contributed by atoms with Crippen LogP contribution in [0.4, 0.5) is 5.69 Å². The Morgan fingerprint density at radius 2 is 1.93 bits per heavy atom. The summed E-state index contributed by atoms with van der Waals surface area (Å²) in [5.41, 5.74) is 4.60. The maximum atomic E-state index is 12.2. The molecule has 0 heterocycles. The molecule has 0 aromatic heterocycles. The molecule has 2 rings (SSSR count). The van der Waals surface area contributed by atoms with Gasteiger partial charge in [0.25, 0.3) is 11.8 Å². The Hall–Kier alpha value is -3.86. The zero-order valence-electron chi connectivity index (χ0n) is 16.3. The second-order valence-corrected chi connectivity index (χ2v) is 5.92. The lowest BCUT2D eigenvalue weighted by atomic mass is 10.2. The number of nitrogens with zero attached hydrogens (tertiary/aromatic N) is 2. The number of hydrazone groups is 1. The van der Waals surface area contributed by atoms with Crippen molar-refractivity contribution in [2.45, 2.75) is 20.3 Å². The average molecular weight is 394 g/mol. The molecule has 2 N–H and O–H groups in total. The second kappa shape index (κ2) is 11.1. The van der Waals surface area contributed by atoms with Gasteiger partial charge in [-0.3, -0.25) is 9.59 Å². The highest BCUT2D eigenvalue weighted by molar-refractivity contribution is 5.92. The zero-order valence-corrected chi connectivity index (χ0v) is 16.3. The Morgan fingerprint density at radius 3 is 2.66 bits per heavy atom. The molecule has 2 amide bonds. The Kier molecular flexibility index (Phi) is 8.20. The van der Waals surface area contributed by atoms with Crippen LogP contribution in [0, 0.1) is 18.3 Å². The number of amides is 2. The average Bonchev–Trinajstić information content (AvgIpc) is 2.69. The lowest BCUT2D eigenvalue weighted by molar-refractivity contribution is -0.120. The molecule has 2 aromatic rings. The van der Waals surface area contributed by atoms with Gasteiger partial charge < -0.3 is 14.8 Å². The monoisotopic (exact) mass is 394 g/mol. The number of benzene rings is 2. The van der Waals surface area contributed by atoms with Crippen molar-refractivity contribution in [3.63, 3.8) is 0 Å². The molecule has 0 unspecified atom stereocenters. The van der Waals surface area contributed by atoms with Crippen LogP contribution in [0.1, 0.15) is 24.5 Å². The fraction of sp³-hybridized carbons (Fsp3) is 0.238. The highest BCUT2D eigenvalue weighted by Gasteiger charge is 2.10. The maximum absolute atomic E-state index is 12.2. The summed E-state index contributed by atoms with van der Waals surface area (Å²) in [5.74, 6) is 0.0851. The van der Waals surface area contributed by atoms with E-state index in [0.717, 1.165) is 11.3 Å². The van der Waals surface area contributed by atoms with Gasteiger partial charge in [0.1, 0.15) is 6.42 Å². The van der Waals surface area contributed by atoms with Gasteiger partial charge in [-0.1, -0.05) is 18.2 Å². The molecule has 2 aromatic carbocycles. The van der Waals surface area contributed by atoms with E-state index in [1.807, 2.05) is 38.1 Å². The quantitative estimate of drug-likeness (QED) is 0.502. The minimum absolute atomic E-state index is 0.175. The molecule has 8 nitrogen and oxygen atoms in total. The lowest BCUT2D eigenvalue weighted by Gasteiger charge is -2.13. The Morgan fingerprint density at radius 1 is 1.14 bits per heavy atom. The number of carbonyl (C=O) groups excluding carboxylic acids is 2. The first-order valence-electron chi connectivity index (χ1n) is 8.97. The summed E-state index contributed by atoms with van der Waals surface area (Å²) in [5, 5.41) is 15.0. The fourth-order valence-corrected chi connectivity index (χ4v) is 2.33. The van der Waals surface area contributed by atoms with E-state index in [1.165, 1.54) is 6.21 Å². The van der Waals surface area contributed by atoms with Gasteiger partial charge in [0.15, 0.2) is 18.1 Å². The molecular weight excluding hydrogens is 372 g/mol. The molecule has 0 atom stereocenters. The third-order valence-corrected chi connectivity index (χ3v) is 3.69. The standard InChI is InChI=1S/C21H22N4O4/c1-3-28-19-12-16(13-23-25-20(26)10-11-22)8-9-18(19)29-14-21(27)24-17-7-5-4-6-15(17)2/h4-9,12-13H,3,10,14H2,1-2H3,(H,24,27)(H,25,26)/b23-13-. The van der Waals surface area contributed by atoms with Gasteiger partial charge in [-0.05, 0) is 49.2 Å². The first-order valence-corrected chi connectivity index (χ1v) is 8.97. The molecule has 29 heavy (non-hydrogen) atoms. The van der Waals surface area contributed by atoms with Gasteiger partial charge >= 0.3 is 0 Å². The molecule has 0 saturated carbocycles. The van der Waals surface area contributed by atoms with Crippen molar-refractivity contribution in [3.05, 3.63) is 53.6 Å². The third kappa shape index (κ3) is 6.99. The van der Waals surface area contributed by atoms with Crippen LogP contribution < -0.4 is 20.2 Å². The molecule has 0 saturated heterocycles. The number of nitrogens with one attached hydrogen (secondary N) is 2. The van der Waals surface area contributed by atoms with Crippen molar-refractivity contribution in [1.29, 1.82) is 5.26 Å². The number of carbonyl (C=O) groups is 2. The van der Waals surface area contributed by atoms with Gasteiger partial charge in [0, 0.05) is 5.69 Å². The molecule has 150 valence electrons. The summed E-state index contributed by atoms with van der Waals surface area (Å²) in [6, 6.07) is 14.3. The number of hydrogen-bond donors (Lipinski definition) is 2. The number of hydrogen-bond acceptors (Lipinski definition) is 6. The van der Waals surface area contributed by atoms with Crippen LogP contribution in [-0.4, -0.2) is 31.2 Å². The van der Waals surface area contributed by atoms with E-state index in [4.69, 9.17) is 14.7 Å². The second-order valence-electron chi connectivity index (χ2n) is 5.92. The van der Waals surface area contributed by atoms with E-state index in [2.05, 4.69) is 15.8 Å².